The van der Waals surface area contributed by atoms with Gasteiger partial charge in [0.25, 0.3) is 0 Å². The van der Waals surface area contributed by atoms with Gasteiger partial charge in [0.05, 0.1) is 23.7 Å². The SMILES string of the molecule is COC(=O)C1CCN(CCS(=O)(=O)c2ccc(Br)cc2)C1. The molecule has 0 radical (unpaired) electrons. The Morgan fingerprint density at radius 2 is 2.05 bits per heavy atom. The Hall–Kier alpha value is -0.920. The predicted octanol–water partition coefficient (Wildman–Crippen LogP) is 1.72. The van der Waals surface area contributed by atoms with Crippen molar-refractivity contribution in [3.63, 3.8) is 0 Å². The van der Waals surface area contributed by atoms with Crippen LogP contribution in [0.15, 0.2) is 33.6 Å². The lowest BCUT2D eigenvalue weighted by molar-refractivity contribution is -0.144. The first kappa shape index (κ1) is 16.5. The number of halogens is 1. The van der Waals surface area contributed by atoms with Gasteiger partial charge >= 0.3 is 5.97 Å². The van der Waals surface area contributed by atoms with Crippen LogP contribution in [0.3, 0.4) is 0 Å². The lowest BCUT2D eigenvalue weighted by Gasteiger charge is -2.15. The molecular formula is C14H18BrNO4S. The van der Waals surface area contributed by atoms with Gasteiger partial charge in [-0.15, -0.1) is 0 Å². The Kier molecular flexibility index (Phi) is 5.40. The quantitative estimate of drug-likeness (QED) is 0.733. The Balaban J connectivity index is 1.91. The standard InChI is InChI=1S/C14H18BrNO4S/c1-20-14(17)11-6-7-16(10-11)8-9-21(18,19)13-4-2-12(15)3-5-13/h2-5,11H,6-10H2,1H3. The molecule has 1 fully saturated rings. The Labute approximate surface area is 133 Å². The lowest BCUT2D eigenvalue weighted by atomic mass is 10.1. The van der Waals surface area contributed by atoms with Crippen molar-refractivity contribution in [3.8, 4) is 0 Å². The summed E-state index contributed by atoms with van der Waals surface area (Å²) in [5, 5.41) is 0. The third-order valence-corrected chi connectivity index (χ3v) is 5.89. The Morgan fingerprint density at radius 3 is 2.67 bits per heavy atom. The minimum atomic E-state index is -3.29. The first-order chi connectivity index (χ1) is 9.92. The number of sulfone groups is 1. The van der Waals surface area contributed by atoms with Crippen LogP contribution in [0.25, 0.3) is 0 Å². The van der Waals surface area contributed by atoms with Crippen LogP contribution in [0.2, 0.25) is 0 Å². The molecule has 0 aromatic heterocycles. The molecule has 0 bridgehead atoms. The van der Waals surface area contributed by atoms with Gasteiger partial charge in [0, 0.05) is 17.6 Å². The third-order valence-electron chi connectivity index (χ3n) is 3.66. The molecule has 116 valence electrons. The highest BCUT2D eigenvalue weighted by atomic mass is 79.9. The minimum Gasteiger partial charge on any atom is -0.469 e. The fourth-order valence-corrected chi connectivity index (χ4v) is 3.95. The molecule has 1 aliphatic rings. The number of hydrogen-bond donors (Lipinski definition) is 0. The molecule has 1 aromatic carbocycles. The first-order valence-corrected chi connectivity index (χ1v) is 9.15. The fourth-order valence-electron chi connectivity index (χ4n) is 2.40. The molecule has 0 N–H and O–H groups in total. The number of esters is 1. The van der Waals surface area contributed by atoms with Crippen LogP contribution in [0.5, 0.6) is 0 Å². The van der Waals surface area contributed by atoms with Gasteiger partial charge in [-0.25, -0.2) is 8.42 Å². The molecule has 7 heteroatoms. The highest BCUT2D eigenvalue weighted by molar-refractivity contribution is 9.10. The number of rotatable bonds is 5. The van der Waals surface area contributed by atoms with E-state index in [1.54, 1.807) is 24.3 Å². The molecule has 1 atom stereocenters. The van der Waals surface area contributed by atoms with Gasteiger partial charge in [-0.1, -0.05) is 15.9 Å². The van der Waals surface area contributed by atoms with Crippen molar-refractivity contribution in [1.29, 1.82) is 0 Å². The van der Waals surface area contributed by atoms with Gasteiger partial charge in [0.15, 0.2) is 9.84 Å². The number of ether oxygens (including phenoxy) is 1. The van der Waals surface area contributed by atoms with Gasteiger partial charge in [0.1, 0.15) is 0 Å². The van der Waals surface area contributed by atoms with Crippen molar-refractivity contribution in [2.45, 2.75) is 11.3 Å². The number of methoxy groups -OCH3 is 1. The average molecular weight is 376 g/mol. The van der Waals surface area contributed by atoms with Crippen LogP contribution in [0, 0.1) is 5.92 Å². The molecule has 1 heterocycles. The molecule has 21 heavy (non-hydrogen) atoms. The normalized spacial score (nSPS) is 19.6. The van der Waals surface area contributed by atoms with E-state index < -0.39 is 9.84 Å². The summed E-state index contributed by atoms with van der Waals surface area (Å²) in [6.45, 7) is 1.74. The van der Waals surface area contributed by atoms with Crippen molar-refractivity contribution >= 4 is 31.7 Å². The number of carbonyl (C=O) groups is 1. The summed E-state index contributed by atoms with van der Waals surface area (Å²) in [7, 11) is -1.91. The Bertz CT molecular complexity index is 600. The molecule has 0 saturated carbocycles. The van der Waals surface area contributed by atoms with Crippen molar-refractivity contribution in [3.05, 3.63) is 28.7 Å². The third kappa shape index (κ3) is 4.28. The molecule has 1 aliphatic heterocycles. The van der Waals surface area contributed by atoms with E-state index in [0.717, 1.165) is 17.4 Å². The van der Waals surface area contributed by atoms with Crippen molar-refractivity contribution < 1.29 is 17.9 Å². The molecule has 0 aliphatic carbocycles. The lowest BCUT2D eigenvalue weighted by Crippen LogP contribution is -2.29. The smallest absolute Gasteiger partial charge is 0.310 e. The van der Waals surface area contributed by atoms with Crippen LogP contribution < -0.4 is 0 Å². The maximum atomic E-state index is 12.2. The van der Waals surface area contributed by atoms with Gasteiger partial charge in [-0.2, -0.15) is 0 Å². The van der Waals surface area contributed by atoms with Gasteiger partial charge in [0.2, 0.25) is 0 Å². The highest BCUT2D eigenvalue weighted by Gasteiger charge is 2.29. The Morgan fingerprint density at radius 1 is 1.38 bits per heavy atom. The average Bonchev–Trinajstić information content (AvgIpc) is 2.94. The van der Waals surface area contributed by atoms with Crippen LogP contribution in [0.4, 0.5) is 0 Å². The molecule has 1 aromatic rings. The number of nitrogens with zero attached hydrogens (tertiary/aromatic N) is 1. The molecule has 1 unspecified atom stereocenters. The zero-order chi connectivity index (χ0) is 15.5. The van der Waals surface area contributed by atoms with Crippen LogP contribution >= 0.6 is 15.9 Å². The summed E-state index contributed by atoms with van der Waals surface area (Å²) < 4.78 is 30.0. The summed E-state index contributed by atoms with van der Waals surface area (Å²) in [4.78, 5) is 13.8. The van der Waals surface area contributed by atoms with Crippen molar-refractivity contribution in [2.24, 2.45) is 5.92 Å². The summed E-state index contributed by atoms with van der Waals surface area (Å²) >= 11 is 3.29. The predicted molar refractivity (Wildman–Crippen MR) is 82.8 cm³/mol. The van der Waals surface area contributed by atoms with Crippen molar-refractivity contribution in [2.75, 3.05) is 32.5 Å². The molecule has 5 nitrogen and oxygen atoms in total. The van der Waals surface area contributed by atoms with Gasteiger partial charge in [-0.05, 0) is 37.2 Å². The fraction of sp³-hybridized carbons (Fsp3) is 0.500. The monoisotopic (exact) mass is 375 g/mol. The van der Waals surface area contributed by atoms with E-state index in [4.69, 9.17) is 4.74 Å². The topological polar surface area (TPSA) is 63.7 Å². The number of likely N-dealkylation sites (tertiary alicyclic amines) is 1. The highest BCUT2D eigenvalue weighted by Crippen LogP contribution is 2.19. The second-order valence-electron chi connectivity index (χ2n) is 5.08. The zero-order valence-electron chi connectivity index (χ0n) is 11.8. The molecule has 2 rings (SSSR count). The van der Waals surface area contributed by atoms with Crippen LogP contribution in [-0.2, 0) is 19.4 Å². The second kappa shape index (κ2) is 6.89. The maximum absolute atomic E-state index is 12.2. The van der Waals surface area contributed by atoms with E-state index in [-0.39, 0.29) is 17.6 Å². The molecule has 0 spiro atoms. The second-order valence-corrected chi connectivity index (χ2v) is 8.11. The summed E-state index contributed by atoms with van der Waals surface area (Å²) in [5.41, 5.74) is 0. The molecule has 1 saturated heterocycles. The van der Waals surface area contributed by atoms with Crippen LogP contribution in [-0.4, -0.2) is 51.8 Å². The molecule has 0 amide bonds. The van der Waals surface area contributed by atoms with Crippen molar-refractivity contribution in [1.82, 2.24) is 4.90 Å². The van der Waals surface area contributed by atoms with E-state index in [2.05, 4.69) is 15.9 Å². The van der Waals surface area contributed by atoms with E-state index >= 15 is 0 Å². The number of benzene rings is 1. The number of carbonyl (C=O) groups excluding carboxylic acids is 1. The summed E-state index contributed by atoms with van der Waals surface area (Å²) in [6, 6.07) is 6.63. The van der Waals surface area contributed by atoms with Gasteiger partial charge < -0.3 is 9.64 Å². The first-order valence-electron chi connectivity index (χ1n) is 6.71. The maximum Gasteiger partial charge on any atom is 0.310 e. The van der Waals surface area contributed by atoms with Crippen LogP contribution in [0.1, 0.15) is 6.42 Å². The zero-order valence-corrected chi connectivity index (χ0v) is 14.2. The summed E-state index contributed by atoms with van der Waals surface area (Å²) in [5.74, 6) is -0.290. The number of hydrogen-bond acceptors (Lipinski definition) is 5. The van der Waals surface area contributed by atoms with Gasteiger partial charge in [-0.3, -0.25) is 4.79 Å². The largest absolute Gasteiger partial charge is 0.469 e. The van der Waals surface area contributed by atoms with E-state index in [0.29, 0.717) is 18.0 Å². The van der Waals surface area contributed by atoms with E-state index in [9.17, 15) is 13.2 Å². The van der Waals surface area contributed by atoms with E-state index in [1.807, 2.05) is 4.90 Å². The molecular weight excluding hydrogens is 358 g/mol. The van der Waals surface area contributed by atoms with E-state index in [1.165, 1.54) is 7.11 Å². The minimum absolute atomic E-state index is 0.0581. The summed E-state index contributed by atoms with van der Waals surface area (Å²) in [6.07, 6.45) is 0.727.